The van der Waals surface area contributed by atoms with Crippen LogP contribution in [0.25, 0.3) is 0 Å². The lowest BCUT2D eigenvalue weighted by molar-refractivity contribution is -0.123. The number of carbonyl (C=O) groups is 1. The van der Waals surface area contributed by atoms with Gasteiger partial charge in [-0.2, -0.15) is 0 Å². The SMILES string of the molecule is COc1ccc(CNC(=O)COc2ccc(C)cc2)c(OC)c1OC. The molecule has 0 unspecified atom stereocenters. The molecule has 0 atom stereocenters. The molecule has 0 fully saturated rings. The van der Waals surface area contributed by atoms with Crippen molar-refractivity contribution in [2.24, 2.45) is 0 Å². The second-order valence-electron chi connectivity index (χ2n) is 5.37. The Morgan fingerprint density at radius 1 is 0.920 bits per heavy atom. The van der Waals surface area contributed by atoms with Crippen molar-refractivity contribution >= 4 is 5.91 Å². The molecule has 1 amide bonds. The summed E-state index contributed by atoms with van der Waals surface area (Å²) in [7, 11) is 4.64. The van der Waals surface area contributed by atoms with E-state index in [1.807, 2.05) is 37.3 Å². The van der Waals surface area contributed by atoms with E-state index >= 15 is 0 Å². The maximum Gasteiger partial charge on any atom is 0.258 e. The molecule has 0 aliphatic rings. The Labute approximate surface area is 147 Å². The molecule has 0 saturated carbocycles. The van der Waals surface area contributed by atoms with Crippen LogP contribution in [0.2, 0.25) is 0 Å². The van der Waals surface area contributed by atoms with E-state index in [-0.39, 0.29) is 12.5 Å². The van der Waals surface area contributed by atoms with Gasteiger partial charge in [-0.3, -0.25) is 4.79 Å². The summed E-state index contributed by atoms with van der Waals surface area (Å²) in [5.41, 5.74) is 1.92. The molecule has 134 valence electrons. The molecular weight excluding hydrogens is 322 g/mol. The smallest absolute Gasteiger partial charge is 0.258 e. The first-order valence-corrected chi connectivity index (χ1v) is 7.83. The number of carbonyl (C=O) groups excluding carboxylic acids is 1. The number of hydrogen-bond acceptors (Lipinski definition) is 5. The number of amides is 1. The third-order valence-corrected chi connectivity index (χ3v) is 3.65. The molecule has 0 aliphatic heterocycles. The lowest BCUT2D eigenvalue weighted by Gasteiger charge is -2.16. The van der Waals surface area contributed by atoms with Crippen LogP contribution >= 0.6 is 0 Å². The minimum Gasteiger partial charge on any atom is -0.493 e. The van der Waals surface area contributed by atoms with Gasteiger partial charge in [0.1, 0.15) is 5.75 Å². The highest BCUT2D eigenvalue weighted by Gasteiger charge is 2.16. The fourth-order valence-electron chi connectivity index (χ4n) is 2.33. The van der Waals surface area contributed by atoms with Gasteiger partial charge in [-0.25, -0.2) is 0 Å². The van der Waals surface area contributed by atoms with E-state index in [1.165, 1.54) is 7.11 Å². The maximum atomic E-state index is 12.0. The first-order chi connectivity index (χ1) is 12.1. The monoisotopic (exact) mass is 345 g/mol. The summed E-state index contributed by atoms with van der Waals surface area (Å²) in [6.07, 6.45) is 0. The van der Waals surface area contributed by atoms with Crippen molar-refractivity contribution in [3.63, 3.8) is 0 Å². The normalized spacial score (nSPS) is 10.1. The van der Waals surface area contributed by atoms with Gasteiger partial charge >= 0.3 is 0 Å². The van der Waals surface area contributed by atoms with Gasteiger partial charge in [0.25, 0.3) is 5.91 Å². The fourth-order valence-corrected chi connectivity index (χ4v) is 2.33. The number of ether oxygens (including phenoxy) is 4. The van der Waals surface area contributed by atoms with E-state index < -0.39 is 0 Å². The number of nitrogens with one attached hydrogen (secondary N) is 1. The minimum absolute atomic E-state index is 0.0569. The standard InChI is InChI=1S/C19H23NO5/c1-13-5-8-15(9-6-13)25-12-17(21)20-11-14-7-10-16(22-2)19(24-4)18(14)23-3/h5-10H,11-12H2,1-4H3,(H,20,21). The Hall–Kier alpha value is -2.89. The van der Waals surface area contributed by atoms with Gasteiger partial charge < -0.3 is 24.3 Å². The lowest BCUT2D eigenvalue weighted by atomic mass is 10.1. The van der Waals surface area contributed by atoms with Crippen molar-refractivity contribution in [3.05, 3.63) is 47.5 Å². The van der Waals surface area contributed by atoms with Gasteiger partial charge in [0.05, 0.1) is 21.3 Å². The zero-order chi connectivity index (χ0) is 18.2. The average molecular weight is 345 g/mol. The first-order valence-electron chi connectivity index (χ1n) is 7.83. The zero-order valence-electron chi connectivity index (χ0n) is 14.9. The molecule has 1 N–H and O–H groups in total. The van der Waals surface area contributed by atoms with Crippen LogP contribution in [-0.4, -0.2) is 33.8 Å². The van der Waals surface area contributed by atoms with E-state index in [4.69, 9.17) is 18.9 Å². The Kier molecular flexibility index (Phi) is 6.51. The fraction of sp³-hybridized carbons (Fsp3) is 0.316. The Balaban J connectivity index is 1.96. The van der Waals surface area contributed by atoms with Gasteiger partial charge in [-0.1, -0.05) is 17.7 Å². The predicted octanol–water partition coefficient (Wildman–Crippen LogP) is 2.72. The molecule has 2 aromatic carbocycles. The lowest BCUT2D eigenvalue weighted by Crippen LogP contribution is -2.28. The summed E-state index contributed by atoms with van der Waals surface area (Å²) in [4.78, 5) is 12.0. The van der Waals surface area contributed by atoms with Gasteiger partial charge in [0.2, 0.25) is 5.75 Å². The third kappa shape index (κ3) is 4.79. The van der Waals surface area contributed by atoms with Crippen molar-refractivity contribution in [1.29, 1.82) is 0 Å². The van der Waals surface area contributed by atoms with E-state index in [1.54, 1.807) is 20.3 Å². The topological polar surface area (TPSA) is 66.0 Å². The molecule has 0 radical (unpaired) electrons. The molecule has 0 saturated heterocycles. The van der Waals surface area contributed by atoms with Crippen molar-refractivity contribution in [2.45, 2.75) is 13.5 Å². The van der Waals surface area contributed by atoms with Gasteiger partial charge in [-0.15, -0.1) is 0 Å². The van der Waals surface area contributed by atoms with Gasteiger partial charge in [0, 0.05) is 12.1 Å². The van der Waals surface area contributed by atoms with Crippen LogP contribution in [-0.2, 0) is 11.3 Å². The van der Waals surface area contributed by atoms with Gasteiger partial charge in [0.15, 0.2) is 18.1 Å². The van der Waals surface area contributed by atoms with Crippen LogP contribution in [0.1, 0.15) is 11.1 Å². The molecule has 0 aliphatic carbocycles. The van der Waals surface area contributed by atoms with Crippen LogP contribution in [0.15, 0.2) is 36.4 Å². The molecule has 2 rings (SSSR count). The largest absolute Gasteiger partial charge is 0.493 e. The summed E-state index contributed by atoms with van der Waals surface area (Å²) in [5.74, 6) is 2.02. The summed E-state index contributed by atoms with van der Waals surface area (Å²) in [6.45, 7) is 2.23. The van der Waals surface area contributed by atoms with Crippen molar-refractivity contribution in [2.75, 3.05) is 27.9 Å². The first kappa shape index (κ1) is 18.4. The molecule has 2 aromatic rings. The maximum absolute atomic E-state index is 12.0. The second-order valence-corrected chi connectivity index (χ2v) is 5.37. The Bertz CT molecular complexity index is 712. The van der Waals surface area contributed by atoms with E-state index in [0.717, 1.165) is 11.1 Å². The summed E-state index contributed by atoms with van der Waals surface area (Å²) in [5, 5.41) is 2.80. The number of methoxy groups -OCH3 is 3. The van der Waals surface area contributed by atoms with Gasteiger partial charge in [-0.05, 0) is 31.2 Å². The average Bonchev–Trinajstić information content (AvgIpc) is 2.64. The molecule has 0 aromatic heterocycles. The van der Waals surface area contributed by atoms with Crippen LogP contribution in [0, 0.1) is 6.92 Å². The van der Waals surface area contributed by atoms with E-state index in [9.17, 15) is 4.79 Å². The quantitative estimate of drug-likeness (QED) is 0.797. The Morgan fingerprint density at radius 2 is 1.60 bits per heavy atom. The molecule has 0 heterocycles. The highest BCUT2D eigenvalue weighted by atomic mass is 16.5. The predicted molar refractivity (Wildman–Crippen MR) is 94.6 cm³/mol. The molecular formula is C19H23NO5. The van der Waals surface area contributed by atoms with Crippen LogP contribution < -0.4 is 24.3 Å². The van der Waals surface area contributed by atoms with Crippen LogP contribution in [0.4, 0.5) is 0 Å². The highest BCUT2D eigenvalue weighted by Crippen LogP contribution is 2.39. The molecule has 6 nitrogen and oxygen atoms in total. The van der Waals surface area contributed by atoms with Crippen molar-refractivity contribution < 1.29 is 23.7 Å². The van der Waals surface area contributed by atoms with Crippen molar-refractivity contribution in [1.82, 2.24) is 5.32 Å². The summed E-state index contributed by atoms with van der Waals surface area (Å²) < 4.78 is 21.4. The van der Waals surface area contributed by atoms with Crippen molar-refractivity contribution in [3.8, 4) is 23.0 Å². The zero-order valence-corrected chi connectivity index (χ0v) is 14.9. The van der Waals surface area contributed by atoms with E-state index in [0.29, 0.717) is 29.5 Å². The summed E-state index contributed by atoms with van der Waals surface area (Å²) >= 11 is 0. The van der Waals surface area contributed by atoms with Crippen LogP contribution in [0.3, 0.4) is 0 Å². The summed E-state index contributed by atoms with van der Waals surface area (Å²) in [6, 6.07) is 11.1. The highest BCUT2D eigenvalue weighted by molar-refractivity contribution is 5.77. The third-order valence-electron chi connectivity index (χ3n) is 3.65. The van der Waals surface area contributed by atoms with Crippen LogP contribution in [0.5, 0.6) is 23.0 Å². The number of rotatable bonds is 8. The molecule has 0 bridgehead atoms. The molecule has 0 spiro atoms. The minimum atomic E-state index is -0.225. The van der Waals surface area contributed by atoms with E-state index in [2.05, 4.69) is 5.32 Å². The Morgan fingerprint density at radius 3 is 2.20 bits per heavy atom. The molecule has 6 heteroatoms. The molecule has 25 heavy (non-hydrogen) atoms. The number of hydrogen-bond donors (Lipinski definition) is 1. The second kappa shape index (κ2) is 8.82. The number of benzene rings is 2. The number of aryl methyl sites for hydroxylation is 1.